The molecule has 3 aliphatic heterocycles. The number of benzene rings is 2. The van der Waals surface area contributed by atoms with Crippen LogP contribution in [0.3, 0.4) is 0 Å². The third-order valence-electron chi connectivity index (χ3n) is 10.5. The third kappa shape index (κ3) is 7.65. The summed E-state index contributed by atoms with van der Waals surface area (Å²) in [5.41, 5.74) is 10.3. The Hall–Kier alpha value is -5.49. The fourth-order valence-corrected chi connectivity index (χ4v) is 7.61. The first kappa shape index (κ1) is 34.0. The number of nitrogens with zero attached hydrogens (tertiary/aromatic N) is 5. The van der Waals surface area contributed by atoms with Crippen LogP contribution in [0.5, 0.6) is 0 Å². The van der Waals surface area contributed by atoms with E-state index in [1.54, 1.807) is 48.9 Å². The van der Waals surface area contributed by atoms with E-state index in [4.69, 9.17) is 10.7 Å². The van der Waals surface area contributed by atoms with Crippen LogP contribution in [0, 0.1) is 0 Å². The molecule has 51 heavy (non-hydrogen) atoms. The number of nitrogens with two attached hydrogens (primary N) is 1. The molecule has 2 aromatic carbocycles. The van der Waals surface area contributed by atoms with Crippen LogP contribution < -0.4 is 31.5 Å². The third-order valence-corrected chi connectivity index (χ3v) is 10.5. The lowest BCUT2D eigenvalue weighted by atomic mass is 9.96. The Kier molecular flexibility index (Phi) is 9.85. The number of hydrogen-bond donors (Lipinski definition) is 4. The maximum atomic E-state index is 13.4. The number of rotatable bonds is 10. The van der Waals surface area contributed by atoms with Gasteiger partial charge in [-0.25, -0.2) is 4.98 Å². The standard InChI is InChI=1S/C39H45N9O3/c1-25(26-3-7-31(8-4-26)47-19-17-46(2)18-20-47)43-39(51)28-6-12-36(42-24-28)48-32-9-10-33(48)23-30(22-32)45-38(50)27-5-11-34(37(40)49)35(21-27)44-29-13-15-41-16-14-29/h3-8,11-16,21,24-25,30,32-33H,9-10,17-20,22-23H2,1-2H3,(H2,40,49)(H,41,44)(H,43,51)(H,45,50)/t25-,30?,32?,33?/m0/s1. The van der Waals surface area contributed by atoms with Crippen LogP contribution in [0.25, 0.3) is 0 Å². The van der Waals surface area contributed by atoms with Gasteiger partial charge in [-0.05, 0) is 99.8 Å². The Labute approximate surface area is 298 Å². The number of hydrogen-bond acceptors (Lipinski definition) is 9. The smallest absolute Gasteiger partial charge is 0.253 e. The molecule has 5 N–H and O–H groups in total. The van der Waals surface area contributed by atoms with Crippen molar-refractivity contribution in [1.29, 1.82) is 0 Å². The molecule has 2 unspecified atom stereocenters. The van der Waals surface area contributed by atoms with E-state index >= 15 is 0 Å². The van der Waals surface area contributed by atoms with Crippen LogP contribution >= 0.6 is 0 Å². The van der Waals surface area contributed by atoms with Gasteiger partial charge in [0.25, 0.3) is 17.7 Å². The molecule has 2 bridgehead atoms. The summed E-state index contributed by atoms with van der Waals surface area (Å²) >= 11 is 0. The first-order chi connectivity index (χ1) is 24.7. The number of amides is 3. The van der Waals surface area contributed by atoms with E-state index in [0.29, 0.717) is 22.4 Å². The molecule has 3 atom stereocenters. The van der Waals surface area contributed by atoms with E-state index in [9.17, 15) is 14.4 Å². The monoisotopic (exact) mass is 687 g/mol. The maximum absolute atomic E-state index is 13.4. The topological polar surface area (TPSA) is 149 Å². The van der Waals surface area contributed by atoms with Gasteiger partial charge in [0.2, 0.25) is 0 Å². The predicted molar refractivity (Wildman–Crippen MR) is 199 cm³/mol. The molecule has 5 heterocycles. The second-order valence-corrected chi connectivity index (χ2v) is 13.9. The largest absolute Gasteiger partial charge is 0.369 e. The summed E-state index contributed by atoms with van der Waals surface area (Å²) in [7, 11) is 2.15. The molecule has 0 saturated carbocycles. The van der Waals surface area contributed by atoms with Crippen LogP contribution in [-0.2, 0) is 0 Å². The van der Waals surface area contributed by atoms with Gasteiger partial charge in [0.15, 0.2) is 0 Å². The SMILES string of the molecule is C[C@H](NC(=O)c1ccc(N2C3CCC2CC(NC(=O)c2ccc(C(N)=O)c(Nc4ccncc4)c2)C3)nc1)c1ccc(N2CCN(C)CC2)cc1. The lowest BCUT2D eigenvalue weighted by Gasteiger charge is -2.40. The summed E-state index contributed by atoms with van der Waals surface area (Å²) in [4.78, 5) is 54.5. The van der Waals surface area contributed by atoms with Crippen molar-refractivity contribution in [2.75, 3.05) is 48.3 Å². The molecule has 3 saturated heterocycles. The summed E-state index contributed by atoms with van der Waals surface area (Å²) < 4.78 is 0. The Morgan fingerprint density at radius 3 is 2.18 bits per heavy atom. The number of likely N-dealkylation sites (N-methyl/N-ethyl adjacent to an activating group) is 1. The van der Waals surface area contributed by atoms with Crippen molar-refractivity contribution in [3.05, 3.63) is 108 Å². The van der Waals surface area contributed by atoms with Gasteiger partial charge in [0, 0.05) is 79.8 Å². The first-order valence-electron chi connectivity index (χ1n) is 17.7. The second-order valence-electron chi connectivity index (χ2n) is 13.9. The van der Waals surface area contributed by atoms with E-state index in [1.807, 2.05) is 19.1 Å². The Bertz CT molecular complexity index is 1850. The van der Waals surface area contributed by atoms with Crippen LogP contribution in [-0.4, -0.2) is 83.9 Å². The van der Waals surface area contributed by atoms with Gasteiger partial charge in [0.1, 0.15) is 5.82 Å². The minimum atomic E-state index is -0.582. The molecular formula is C39H45N9O3. The van der Waals surface area contributed by atoms with Gasteiger partial charge >= 0.3 is 0 Å². The van der Waals surface area contributed by atoms with E-state index < -0.39 is 5.91 Å². The molecule has 0 spiro atoms. The zero-order valence-corrected chi connectivity index (χ0v) is 29.1. The highest BCUT2D eigenvalue weighted by Gasteiger charge is 2.42. The summed E-state index contributed by atoms with van der Waals surface area (Å²) in [6.45, 7) is 6.15. The zero-order valence-electron chi connectivity index (χ0n) is 29.1. The number of pyridine rings is 2. The van der Waals surface area contributed by atoms with Gasteiger partial charge in [-0.1, -0.05) is 12.1 Å². The number of primary amides is 1. The minimum Gasteiger partial charge on any atom is -0.369 e. The van der Waals surface area contributed by atoms with Crippen LogP contribution in [0.4, 0.5) is 22.9 Å². The fourth-order valence-electron chi connectivity index (χ4n) is 7.61. The van der Waals surface area contributed by atoms with E-state index in [0.717, 1.165) is 68.9 Å². The molecule has 3 aliphatic rings. The fraction of sp³-hybridized carbons (Fsp3) is 0.359. The quantitative estimate of drug-likeness (QED) is 0.189. The first-order valence-corrected chi connectivity index (χ1v) is 17.7. The van der Waals surface area contributed by atoms with Crippen molar-refractivity contribution in [3.8, 4) is 0 Å². The molecule has 2 aromatic heterocycles. The number of nitrogens with one attached hydrogen (secondary N) is 3. The van der Waals surface area contributed by atoms with Gasteiger partial charge in [-0.2, -0.15) is 0 Å². The molecule has 7 rings (SSSR count). The van der Waals surface area contributed by atoms with Crippen molar-refractivity contribution in [3.63, 3.8) is 0 Å². The van der Waals surface area contributed by atoms with E-state index in [-0.39, 0.29) is 36.0 Å². The van der Waals surface area contributed by atoms with Crippen LogP contribution in [0.1, 0.15) is 75.3 Å². The van der Waals surface area contributed by atoms with Gasteiger partial charge < -0.3 is 36.4 Å². The zero-order chi connectivity index (χ0) is 35.5. The number of fused-ring (bicyclic) bond motifs is 2. The highest BCUT2D eigenvalue weighted by Crippen LogP contribution is 2.39. The highest BCUT2D eigenvalue weighted by atomic mass is 16.2. The molecule has 0 aliphatic carbocycles. The number of piperidine rings is 1. The maximum Gasteiger partial charge on any atom is 0.253 e. The number of anilines is 4. The predicted octanol–water partition coefficient (Wildman–Crippen LogP) is 4.49. The Balaban J connectivity index is 0.942. The summed E-state index contributed by atoms with van der Waals surface area (Å²) in [6.07, 6.45) is 8.55. The average molecular weight is 688 g/mol. The second kappa shape index (κ2) is 14.8. The number of carbonyl (C=O) groups is 3. The van der Waals surface area contributed by atoms with Crippen molar-refractivity contribution in [2.24, 2.45) is 5.73 Å². The van der Waals surface area contributed by atoms with Crippen molar-refractivity contribution < 1.29 is 14.4 Å². The molecule has 3 fully saturated rings. The van der Waals surface area contributed by atoms with E-state index in [2.05, 4.69) is 66.9 Å². The molecular weight excluding hydrogens is 642 g/mol. The minimum absolute atomic E-state index is 0.000773. The summed E-state index contributed by atoms with van der Waals surface area (Å²) in [5, 5.41) is 9.53. The average Bonchev–Trinajstić information content (AvgIpc) is 3.41. The van der Waals surface area contributed by atoms with Gasteiger partial charge in [-0.3, -0.25) is 19.4 Å². The van der Waals surface area contributed by atoms with Crippen LogP contribution in [0.2, 0.25) is 0 Å². The Morgan fingerprint density at radius 1 is 0.843 bits per heavy atom. The molecule has 12 nitrogen and oxygen atoms in total. The van der Waals surface area contributed by atoms with Crippen molar-refractivity contribution >= 4 is 40.6 Å². The van der Waals surface area contributed by atoms with Gasteiger partial charge in [-0.15, -0.1) is 0 Å². The van der Waals surface area contributed by atoms with Crippen molar-refractivity contribution in [1.82, 2.24) is 25.5 Å². The summed E-state index contributed by atoms with van der Waals surface area (Å²) in [5.74, 6) is -0.0839. The molecule has 0 radical (unpaired) electrons. The lowest BCUT2D eigenvalue weighted by Crippen LogP contribution is -2.50. The lowest BCUT2D eigenvalue weighted by molar-refractivity contribution is 0.0922. The molecule has 264 valence electrons. The normalized spacial score (nSPS) is 20.8. The molecule has 3 amide bonds. The van der Waals surface area contributed by atoms with E-state index in [1.165, 1.54) is 5.69 Å². The number of piperazine rings is 1. The highest BCUT2D eigenvalue weighted by molar-refractivity contribution is 6.02. The van der Waals surface area contributed by atoms with Crippen molar-refractivity contribution in [2.45, 2.75) is 56.8 Å². The van der Waals surface area contributed by atoms with Crippen LogP contribution in [0.15, 0.2) is 85.3 Å². The summed E-state index contributed by atoms with van der Waals surface area (Å²) in [6, 6.07) is 21.0. The van der Waals surface area contributed by atoms with Gasteiger partial charge in [0.05, 0.1) is 22.9 Å². The Morgan fingerprint density at radius 2 is 1.53 bits per heavy atom. The molecule has 4 aromatic rings. The number of carbonyl (C=O) groups excluding carboxylic acids is 3. The molecule has 12 heteroatoms. The number of aromatic nitrogens is 2.